The molecule has 80 valence electrons. The lowest BCUT2D eigenvalue weighted by molar-refractivity contribution is 0.193. The normalized spacial score (nSPS) is 13.8. The summed E-state index contributed by atoms with van der Waals surface area (Å²) in [6.45, 7) is 0.884. The number of allylic oxidation sites excluding steroid dienone is 2. The molecule has 0 heterocycles. The van der Waals surface area contributed by atoms with Crippen LogP contribution in [0.4, 0.5) is 0 Å². The monoisotopic (exact) mass is 202 g/mol. The zero-order valence-electron chi connectivity index (χ0n) is 9.33. The van der Waals surface area contributed by atoms with Crippen LogP contribution in [0.15, 0.2) is 30.3 Å². The molecule has 0 saturated carbocycles. The van der Waals surface area contributed by atoms with E-state index < -0.39 is 0 Å². The number of hydrogen-bond donors (Lipinski definition) is 0. The third-order valence-electron chi connectivity index (χ3n) is 2.98. The summed E-state index contributed by atoms with van der Waals surface area (Å²) in [6.07, 6.45) is 7.08. The van der Waals surface area contributed by atoms with Crippen LogP contribution in [0.5, 0.6) is 0 Å². The van der Waals surface area contributed by atoms with Crippen LogP contribution in [0.2, 0.25) is 0 Å². The Morgan fingerprint density at radius 2 is 2.07 bits per heavy atom. The second kappa shape index (κ2) is 5.13. The molecular formula is C14H18O. The highest BCUT2D eigenvalue weighted by atomic mass is 16.5. The van der Waals surface area contributed by atoms with Crippen molar-refractivity contribution in [1.82, 2.24) is 0 Å². The van der Waals surface area contributed by atoms with Crippen LogP contribution in [0.1, 0.15) is 30.4 Å². The van der Waals surface area contributed by atoms with Gasteiger partial charge in [-0.1, -0.05) is 30.3 Å². The zero-order valence-corrected chi connectivity index (χ0v) is 9.33. The molecule has 15 heavy (non-hydrogen) atoms. The molecule has 1 aliphatic carbocycles. The van der Waals surface area contributed by atoms with Gasteiger partial charge in [0.2, 0.25) is 0 Å². The molecule has 0 atom stereocenters. The Kier molecular flexibility index (Phi) is 3.57. The van der Waals surface area contributed by atoms with Crippen LogP contribution < -0.4 is 0 Å². The van der Waals surface area contributed by atoms with E-state index >= 15 is 0 Å². The van der Waals surface area contributed by atoms with Crippen LogP contribution in [0, 0.1) is 0 Å². The van der Waals surface area contributed by atoms with E-state index in [-0.39, 0.29) is 0 Å². The number of benzene rings is 1. The third kappa shape index (κ3) is 2.48. The van der Waals surface area contributed by atoms with Gasteiger partial charge in [-0.25, -0.2) is 0 Å². The fourth-order valence-corrected chi connectivity index (χ4v) is 2.15. The standard InChI is InChI=1S/C14H18O/c1-15-11-5-4-7-13-10-9-12-6-2-3-8-14(12)13/h2-3,6,8,10H,4-5,7,9,11H2,1H3. The van der Waals surface area contributed by atoms with Crippen LogP contribution >= 0.6 is 0 Å². The largest absolute Gasteiger partial charge is 0.385 e. The molecule has 1 heteroatoms. The minimum atomic E-state index is 0.884. The summed E-state index contributed by atoms with van der Waals surface area (Å²) in [7, 11) is 1.77. The van der Waals surface area contributed by atoms with Crippen molar-refractivity contribution in [2.45, 2.75) is 25.7 Å². The highest BCUT2D eigenvalue weighted by molar-refractivity contribution is 5.72. The first-order valence-electron chi connectivity index (χ1n) is 5.68. The Labute approximate surface area is 91.8 Å². The van der Waals surface area contributed by atoms with E-state index in [0.717, 1.165) is 19.4 Å². The van der Waals surface area contributed by atoms with Crippen molar-refractivity contribution >= 4 is 5.57 Å². The van der Waals surface area contributed by atoms with Crippen molar-refractivity contribution in [1.29, 1.82) is 0 Å². The Bertz CT molecular complexity index is 352. The lowest BCUT2D eigenvalue weighted by Gasteiger charge is -2.05. The quantitative estimate of drug-likeness (QED) is 0.664. The second-order valence-corrected chi connectivity index (χ2v) is 4.04. The summed E-state index contributed by atoms with van der Waals surface area (Å²) < 4.78 is 5.06. The molecule has 0 unspecified atom stereocenters. The van der Waals surface area contributed by atoms with E-state index in [9.17, 15) is 0 Å². The smallest absolute Gasteiger partial charge is 0.0462 e. The molecule has 1 aliphatic rings. The number of hydrogen-bond acceptors (Lipinski definition) is 1. The predicted molar refractivity (Wildman–Crippen MR) is 63.9 cm³/mol. The topological polar surface area (TPSA) is 9.23 Å². The average Bonchev–Trinajstić information content (AvgIpc) is 2.68. The number of fused-ring (bicyclic) bond motifs is 1. The second-order valence-electron chi connectivity index (χ2n) is 4.04. The van der Waals surface area contributed by atoms with Crippen LogP contribution in [0.3, 0.4) is 0 Å². The summed E-state index contributed by atoms with van der Waals surface area (Å²) in [5, 5.41) is 0. The van der Waals surface area contributed by atoms with Gasteiger partial charge < -0.3 is 4.74 Å². The molecular weight excluding hydrogens is 184 g/mol. The van der Waals surface area contributed by atoms with Gasteiger partial charge in [0.15, 0.2) is 0 Å². The van der Waals surface area contributed by atoms with Crippen molar-refractivity contribution in [3.63, 3.8) is 0 Å². The van der Waals surface area contributed by atoms with Gasteiger partial charge in [-0.05, 0) is 42.4 Å². The number of unbranched alkanes of at least 4 members (excludes halogenated alkanes) is 1. The van der Waals surface area contributed by atoms with E-state index in [1.54, 1.807) is 7.11 Å². The molecule has 0 spiro atoms. The predicted octanol–water partition coefficient (Wildman–Crippen LogP) is 3.44. The molecule has 0 radical (unpaired) electrons. The maximum Gasteiger partial charge on any atom is 0.0462 e. The van der Waals surface area contributed by atoms with E-state index in [0.29, 0.717) is 0 Å². The van der Waals surface area contributed by atoms with Gasteiger partial charge in [0, 0.05) is 13.7 Å². The maximum atomic E-state index is 5.06. The molecule has 0 saturated heterocycles. The Hall–Kier alpha value is -1.08. The number of methoxy groups -OCH3 is 1. The van der Waals surface area contributed by atoms with Crippen molar-refractivity contribution < 1.29 is 4.74 Å². The summed E-state index contributed by atoms with van der Waals surface area (Å²) >= 11 is 0. The van der Waals surface area contributed by atoms with Gasteiger partial charge in [0.25, 0.3) is 0 Å². The van der Waals surface area contributed by atoms with Gasteiger partial charge in [-0.2, -0.15) is 0 Å². The molecule has 0 bridgehead atoms. The minimum Gasteiger partial charge on any atom is -0.385 e. The Morgan fingerprint density at radius 3 is 2.93 bits per heavy atom. The van der Waals surface area contributed by atoms with Crippen molar-refractivity contribution in [3.8, 4) is 0 Å². The highest BCUT2D eigenvalue weighted by Crippen LogP contribution is 2.30. The SMILES string of the molecule is COCCCCC1=CCc2ccccc21. The lowest BCUT2D eigenvalue weighted by atomic mass is 10.0. The summed E-state index contributed by atoms with van der Waals surface area (Å²) in [5.41, 5.74) is 4.48. The van der Waals surface area contributed by atoms with Gasteiger partial charge in [0.1, 0.15) is 0 Å². The van der Waals surface area contributed by atoms with Crippen molar-refractivity contribution in [3.05, 3.63) is 41.5 Å². The molecule has 1 aromatic carbocycles. The van der Waals surface area contributed by atoms with Gasteiger partial charge >= 0.3 is 0 Å². The van der Waals surface area contributed by atoms with Crippen LogP contribution in [-0.4, -0.2) is 13.7 Å². The summed E-state index contributed by atoms with van der Waals surface area (Å²) in [6, 6.07) is 8.73. The average molecular weight is 202 g/mol. The van der Waals surface area contributed by atoms with Crippen LogP contribution in [-0.2, 0) is 11.2 Å². The first-order chi connectivity index (χ1) is 7.42. The van der Waals surface area contributed by atoms with Gasteiger partial charge in [0.05, 0.1) is 0 Å². The molecule has 1 nitrogen and oxygen atoms in total. The molecule has 2 rings (SSSR count). The summed E-state index contributed by atoms with van der Waals surface area (Å²) in [4.78, 5) is 0. The third-order valence-corrected chi connectivity index (χ3v) is 2.98. The van der Waals surface area contributed by atoms with E-state index in [2.05, 4.69) is 30.3 Å². The van der Waals surface area contributed by atoms with Crippen LogP contribution in [0.25, 0.3) is 5.57 Å². The minimum absolute atomic E-state index is 0.884. The number of ether oxygens (including phenoxy) is 1. The molecule has 0 amide bonds. The van der Waals surface area contributed by atoms with Gasteiger partial charge in [-0.3, -0.25) is 0 Å². The molecule has 0 aromatic heterocycles. The van der Waals surface area contributed by atoms with E-state index in [4.69, 9.17) is 4.74 Å². The fourth-order valence-electron chi connectivity index (χ4n) is 2.15. The van der Waals surface area contributed by atoms with Crippen molar-refractivity contribution in [2.24, 2.45) is 0 Å². The zero-order chi connectivity index (χ0) is 10.5. The summed E-state index contributed by atoms with van der Waals surface area (Å²) in [5.74, 6) is 0. The molecule has 0 aliphatic heterocycles. The van der Waals surface area contributed by atoms with Gasteiger partial charge in [-0.15, -0.1) is 0 Å². The van der Waals surface area contributed by atoms with Crippen molar-refractivity contribution in [2.75, 3.05) is 13.7 Å². The Balaban J connectivity index is 1.90. The lowest BCUT2D eigenvalue weighted by Crippen LogP contribution is -1.89. The van der Waals surface area contributed by atoms with E-state index in [1.807, 2.05) is 0 Å². The first-order valence-corrected chi connectivity index (χ1v) is 5.68. The Morgan fingerprint density at radius 1 is 1.20 bits per heavy atom. The number of rotatable bonds is 5. The molecule has 0 N–H and O–H groups in total. The highest BCUT2D eigenvalue weighted by Gasteiger charge is 2.11. The first kappa shape index (κ1) is 10.4. The fraction of sp³-hybridized carbons (Fsp3) is 0.429. The molecule has 0 fully saturated rings. The molecule has 1 aromatic rings. The maximum absolute atomic E-state index is 5.06. The van der Waals surface area contributed by atoms with E-state index in [1.165, 1.54) is 29.5 Å².